The number of H-pyrrole nitrogens is 1. The normalized spacial score (nSPS) is 25.9. The fourth-order valence-corrected chi connectivity index (χ4v) is 3.74. The molecule has 2 fully saturated rings. The average Bonchev–Trinajstić information content (AvgIpc) is 3.13. The van der Waals surface area contributed by atoms with Crippen LogP contribution in [0.5, 0.6) is 0 Å². The van der Waals surface area contributed by atoms with E-state index in [1.807, 2.05) is 24.3 Å². The number of aromatic nitrogens is 2. The van der Waals surface area contributed by atoms with Crippen molar-refractivity contribution >= 4 is 16.8 Å². The van der Waals surface area contributed by atoms with Crippen molar-refractivity contribution in [2.24, 2.45) is 0 Å². The summed E-state index contributed by atoms with van der Waals surface area (Å²) in [7, 11) is 0. The molecular formula is C16H26N4O. The number of hydrogen-bond donors (Lipinski definition) is 2. The summed E-state index contributed by atoms with van der Waals surface area (Å²) in [5.41, 5.74) is 1.42. The summed E-state index contributed by atoms with van der Waals surface area (Å²) in [6.07, 6.45) is 4.90. The van der Waals surface area contributed by atoms with Gasteiger partial charge in [0.1, 0.15) is 0 Å². The Balaban J connectivity index is 0.000000960. The Morgan fingerprint density at radius 1 is 1.33 bits per heavy atom. The van der Waals surface area contributed by atoms with Gasteiger partial charge < -0.3 is 5.32 Å². The summed E-state index contributed by atoms with van der Waals surface area (Å²) < 4.78 is 0. The summed E-state index contributed by atoms with van der Waals surface area (Å²) in [4.78, 5) is 15.0. The van der Waals surface area contributed by atoms with Crippen molar-refractivity contribution in [1.82, 2.24) is 20.4 Å². The van der Waals surface area contributed by atoms with E-state index in [2.05, 4.69) is 20.4 Å². The van der Waals surface area contributed by atoms with Crippen LogP contribution in [0, 0.1) is 0 Å². The molecule has 0 spiro atoms. The van der Waals surface area contributed by atoms with Gasteiger partial charge in [-0.1, -0.05) is 18.2 Å². The van der Waals surface area contributed by atoms with Crippen LogP contribution in [0.1, 0.15) is 40.5 Å². The van der Waals surface area contributed by atoms with Gasteiger partial charge in [0.25, 0.3) is 5.91 Å². The van der Waals surface area contributed by atoms with E-state index in [-0.39, 0.29) is 16.2 Å². The van der Waals surface area contributed by atoms with Crippen molar-refractivity contribution in [2.75, 3.05) is 13.1 Å². The van der Waals surface area contributed by atoms with Crippen molar-refractivity contribution in [2.45, 2.75) is 37.8 Å². The minimum absolute atomic E-state index is 0. The van der Waals surface area contributed by atoms with Gasteiger partial charge in [-0.15, -0.1) is 0 Å². The lowest BCUT2D eigenvalue weighted by Crippen LogP contribution is -2.49. The number of amides is 1. The molecule has 0 aliphatic carbocycles. The molecule has 2 aliphatic heterocycles. The number of aromatic amines is 1. The van der Waals surface area contributed by atoms with Crippen LogP contribution in [0.25, 0.3) is 10.9 Å². The monoisotopic (exact) mass is 290 g/mol. The maximum atomic E-state index is 12.5. The molecule has 21 heavy (non-hydrogen) atoms. The Hall–Kier alpha value is -1.88. The lowest BCUT2D eigenvalue weighted by molar-refractivity contribution is 0.0886. The maximum absolute atomic E-state index is 12.5. The summed E-state index contributed by atoms with van der Waals surface area (Å²) in [5, 5.41) is 11.2. The van der Waals surface area contributed by atoms with E-state index >= 15 is 0 Å². The second-order valence-electron chi connectivity index (χ2n) is 6.16. The first-order valence-corrected chi connectivity index (χ1v) is 7.79. The SMILES string of the molecule is O=C(N[C@H]1CCC2CCCN2C1)c1n[nH]c2ccccc12.[HH].[HH].[HH]. The van der Waals surface area contributed by atoms with Crippen molar-refractivity contribution in [3.63, 3.8) is 0 Å². The number of carbonyl (C=O) groups excluding carboxylic acids is 1. The zero-order valence-electron chi connectivity index (χ0n) is 12.0. The second-order valence-corrected chi connectivity index (χ2v) is 6.16. The van der Waals surface area contributed by atoms with E-state index in [1.165, 1.54) is 25.8 Å². The van der Waals surface area contributed by atoms with Crippen molar-refractivity contribution in [3.8, 4) is 0 Å². The van der Waals surface area contributed by atoms with E-state index in [0.717, 1.165) is 29.9 Å². The zero-order valence-corrected chi connectivity index (χ0v) is 12.0. The molecule has 116 valence electrons. The second kappa shape index (κ2) is 5.15. The van der Waals surface area contributed by atoms with E-state index in [9.17, 15) is 4.79 Å². The highest BCUT2D eigenvalue weighted by molar-refractivity contribution is 6.04. The van der Waals surface area contributed by atoms with Gasteiger partial charge in [0.15, 0.2) is 5.69 Å². The number of carbonyl (C=O) groups is 1. The van der Waals surface area contributed by atoms with Crippen molar-refractivity contribution in [1.29, 1.82) is 0 Å². The number of fused-ring (bicyclic) bond motifs is 2. The Kier molecular flexibility index (Phi) is 3.15. The molecule has 2 N–H and O–H groups in total. The average molecular weight is 290 g/mol. The standard InChI is InChI=1S/C16H20N4O.3H2/c21-16(15-13-5-1-2-6-14(13)18-19-15)17-11-7-8-12-4-3-9-20(12)10-11;;;/h1-2,5-6,11-12H,3-4,7-10H2,(H,17,21)(H,18,19);3*1H/t11-,12?;;;/m0.../s1. The number of nitrogens with one attached hydrogen (secondary N) is 2. The molecule has 2 aromatic rings. The topological polar surface area (TPSA) is 61.0 Å². The lowest BCUT2D eigenvalue weighted by Gasteiger charge is -2.35. The lowest BCUT2D eigenvalue weighted by atomic mass is 9.99. The highest BCUT2D eigenvalue weighted by Crippen LogP contribution is 2.27. The molecule has 1 unspecified atom stereocenters. The Labute approximate surface area is 128 Å². The maximum Gasteiger partial charge on any atom is 0.272 e. The molecule has 3 heterocycles. The van der Waals surface area contributed by atoms with Gasteiger partial charge in [-0.3, -0.25) is 14.8 Å². The predicted molar refractivity (Wildman–Crippen MR) is 87.5 cm³/mol. The third-order valence-electron chi connectivity index (χ3n) is 4.82. The highest BCUT2D eigenvalue weighted by atomic mass is 16.2. The first-order valence-electron chi connectivity index (χ1n) is 7.79. The number of benzene rings is 1. The number of piperidine rings is 1. The molecular weight excluding hydrogens is 264 g/mol. The predicted octanol–water partition coefficient (Wildman–Crippen LogP) is 2.66. The summed E-state index contributed by atoms with van der Waals surface area (Å²) in [5.74, 6) is -0.0601. The Morgan fingerprint density at radius 2 is 2.24 bits per heavy atom. The fraction of sp³-hybridized carbons (Fsp3) is 0.500. The molecule has 2 aliphatic rings. The number of hydrogen-bond acceptors (Lipinski definition) is 3. The van der Waals surface area contributed by atoms with Gasteiger partial charge in [0.05, 0.1) is 5.52 Å². The van der Waals surface area contributed by atoms with Crippen molar-refractivity contribution < 1.29 is 9.07 Å². The Morgan fingerprint density at radius 3 is 3.19 bits per heavy atom. The van der Waals surface area contributed by atoms with Crippen LogP contribution < -0.4 is 5.32 Å². The van der Waals surface area contributed by atoms with Crippen LogP contribution in [0.4, 0.5) is 0 Å². The minimum Gasteiger partial charge on any atom is -0.347 e. The molecule has 2 saturated heterocycles. The third kappa shape index (κ3) is 2.31. The van der Waals surface area contributed by atoms with Crippen LogP contribution in [0.2, 0.25) is 0 Å². The first kappa shape index (κ1) is 12.8. The summed E-state index contributed by atoms with van der Waals surface area (Å²) in [6.45, 7) is 2.17. The van der Waals surface area contributed by atoms with Crippen LogP contribution in [0.3, 0.4) is 0 Å². The van der Waals surface area contributed by atoms with Crippen LogP contribution in [0.15, 0.2) is 24.3 Å². The van der Waals surface area contributed by atoms with Gasteiger partial charge >= 0.3 is 0 Å². The zero-order chi connectivity index (χ0) is 14.2. The van der Waals surface area contributed by atoms with Crippen LogP contribution in [-0.4, -0.2) is 46.2 Å². The fourth-order valence-electron chi connectivity index (χ4n) is 3.74. The molecule has 1 aromatic heterocycles. The van der Waals surface area contributed by atoms with E-state index in [1.54, 1.807) is 0 Å². The van der Waals surface area contributed by atoms with Crippen LogP contribution in [-0.2, 0) is 0 Å². The number of rotatable bonds is 2. The van der Waals surface area contributed by atoms with E-state index < -0.39 is 0 Å². The quantitative estimate of drug-likeness (QED) is 0.894. The molecule has 5 nitrogen and oxygen atoms in total. The third-order valence-corrected chi connectivity index (χ3v) is 4.82. The number of nitrogens with zero attached hydrogens (tertiary/aromatic N) is 2. The highest BCUT2D eigenvalue weighted by Gasteiger charge is 2.32. The Bertz CT molecular complexity index is 678. The summed E-state index contributed by atoms with van der Waals surface area (Å²) >= 11 is 0. The van der Waals surface area contributed by atoms with Gasteiger partial charge in [-0.25, -0.2) is 0 Å². The minimum atomic E-state index is -0.0601. The molecule has 4 rings (SSSR count). The molecule has 5 heteroatoms. The van der Waals surface area contributed by atoms with E-state index in [4.69, 9.17) is 0 Å². The molecule has 1 amide bonds. The molecule has 0 bridgehead atoms. The first-order chi connectivity index (χ1) is 10.3. The van der Waals surface area contributed by atoms with Gasteiger partial charge in [0, 0.05) is 28.3 Å². The molecule has 0 saturated carbocycles. The van der Waals surface area contributed by atoms with Gasteiger partial charge in [0.2, 0.25) is 0 Å². The molecule has 0 radical (unpaired) electrons. The number of para-hydroxylation sites is 1. The van der Waals surface area contributed by atoms with Gasteiger partial charge in [-0.2, -0.15) is 5.10 Å². The smallest absolute Gasteiger partial charge is 0.272 e. The van der Waals surface area contributed by atoms with E-state index in [0.29, 0.717) is 5.69 Å². The molecule has 2 atom stereocenters. The largest absolute Gasteiger partial charge is 0.347 e. The van der Waals surface area contributed by atoms with Crippen LogP contribution >= 0.6 is 0 Å². The van der Waals surface area contributed by atoms with Gasteiger partial charge in [-0.05, 0) is 38.3 Å². The summed E-state index contributed by atoms with van der Waals surface area (Å²) in [6, 6.07) is 8.76. The molecule has 1 aromatic carbocycles. The van der Waals surface area contributed by atoms with Crippen molar-refractivity contribution in [3.05, 3.63) is 30.0 Å².